The van der Waals surface area contributed by atoms with Crippen molar-refractivity contribution in [2.24, 2.45) is 11.7 Å². The van der Waals surface area contributed by atoms with Crippen molar-refractivity contribution < 1.29 is 9.18 Å². The first-order valence-electron chi connectivity index (χ1n) is 6.39. The highest BCUT2D eigenvalue weighted by Gasteiger charge is 2.16. The lowest BCUT2D eigenvalue weighted by molar-refractivity contribution is -0.119. The van der Waals surface area contributed by atoms with E-state index in [0.29, 0.717) is 18.2 Å². The standard InChI is InChI=1S/C14H20FN3OS/c1-9(2)7-17-12(19)8-18(3)11-6-4-5-10(15)13(11)14(16)20/h4-6,9H,7-8H2,1-3H3,(H2,16,20)(H,17,19). The van der Waals surface area contributed by atoms with Gasteiger partial charge in [-0.15, -0.1) is 0 Å². The molecule has 0 fully saturated rings. The molecule has 0 unspecified atom stereocenters. The van der Waals surface area contributed by atoms with Crippen molar-refractivity contribution in [3.63, 3.8) is 0 Å². The molecule has 1 aromatic rings. The van der Waals surface area contributed by atoms with E-state index in [4.69, 9.17) is 18.0 Å². The van der Waals surface area contributed by atoms with Crippen molar-refractivity contribution in [3.8, 4) is 0 Å². The molecule has 0 heterocycles. The molecule has 110 valence electrons. The normalized spacial score (nSPS) is 10.4. The zero-order valence-electron chi connectivity index (χ0n) is 11.9. The van der Waals surface area contributed by atoms with Gasteiger partial charge in [-0.05, 0) is 18.1 Å². The Hall–Kier alpha value is -1.69. The van der Waals surface area contributed by atoms with E-state index in [2.05, 4.69) is 5.32 Å². The summed E-state index contributed by atoms with van der Waals surface area (Å²) in [4.78, 5) is 13.4. The molecule has 1 aromatic carbocycles. The van der Waals surface area contributed by atoms with Gasteiger partial charge >= 0.3 is 0 Å². The molecule has 1 amide bonds. The molecule has 0 atom stereocenters. The van der Waals surface area contributed by atoms with Crippen LogP contribution in [0.15, 0.2) is 18.2 Å². The molecule has 20 heavy (non-hydrogen) atoms. The summed E-state index contributed by atoms with van der Waals surface area (Å²) in [7, 11) is 1.70. The molecule has 0 saturated heterocycles. The van der Waals surface area contributed by atoms with Crippen LogP contribution in [0.25, 0.3) is 0 Å². The van der Waals surface area contributed by atoms with Crippen LogP contribution >= 0.6 is 12.2 Å². The number of nitrogens with zero attached hydrogens (tertiary/aromatic N) is 1. The van der Waals surface area contributed by atoms with Crippen molar-refractivity contribution in [2.45, 2.75) is 13.8 Å². The van der Waals surface area contributed by atoms with E-state index in [9.17, 15) is 9.18 Å². The fraction of sp³-hybridized carbons (Fsp3) is 0.429. The Bertz CT molecular complexity index is 505. The Balaban J connectivity index is 2.82. The molecule has 0 bridgehead atoms. The lowest BCUT2D eigenvalue weighted by Crippen LogP contribution is -2.37. The number of carbonyl (C=O) groups is 1. The minimum atomic E-state index is -0.482. The van der Waals surface area contributed by atoms with Gasteiger partial charge in [0, 0.05) is 13.6 Å². The minimum absolute atomic E-state index is 0.0208. The van der Waals surface area contributed by atoms with Crippen LogP contribution in [0.4, 0.5) is 10.1 Å². The second-order valence-corrected chi connectivity index (χ2v) is 5.49. The third-order valence-corrected chi connectivity index (χ3v) is 2.94. The van der Waals surface area contributed by atoms with Crippen LogP contribution in [-0.2, 0) is 4.79 Å². The van der Waals surface area contributed by atoms with E-state index in [0.717, 1.165) is 0 Å². The van der Waals surface area contributed by atoms with Gasteiger partial charge in [0.1, 0.15) is 10.8 Å². The largest absolute Gasteiger partial charge is 0.389 e. The van der Waals surface area contributed by atoms with E-state index in [1.54, 1.807) is 24.1 Å². The highest BCUT2D eigenvalue weighted by Crippen LogP contribution is 2.22. The van der Waals surface area contributed by atoms with Crippen molar-refractivity contribution in [1.82, 2.24) is 5.32 Å². The number of carbonyl (C=O) groups excluding carboxylic acids is 1. The minimum Gasteiger partial charge on any atom is -0.389 e. The predicted molar refractivity (Wildman–Crippen MR) is 83.4 cm³/mol. The Morgan fingerprint density at radius 1 is 1.50 bits per heavy atom. The van der Waals surface area contributed by atoms with Gasteiger partial charge in [-0.2, -0.15) is 0 Å². The molecule has 0 aliphatic carbocycles. The van der Waals surface area contributed by atoms with Gasteiger partial charge in [0.15, 0.2) is 0 Å². The number of benzene rings is 1. The molecule has 1 rings (SSSR count). The van der Waals surface area contributed by atoms with Crippen molar-refractivity contribution >= 4 is 28.8 Å². The Morgan fingerprint density at radius 2 is 2.15 bits per heavy atom. The predicted octanol–water partition coefficient (Wildman–Crippen LogP) is 1.67. The molecule has 6 heteroatoms. The van der Waals surface area contributed by atoms with Crippen LogP contribution in [0.3, 0.4) is 0 Å². The van der Waals surface area contributed by atoms with E-state index >= 15 is 0 Å². The summed E-state index contributed by atoms with van der Waals surface area (Å²) in [6, 6.07) is 4.55. The molecule has 3 N–H and O–H groups in total. The fourth-order valence-electron chi connectivity index (χ4n) is 1.75. The summed E-state index contributed by atoms with van der Waals surface area (Å²) in [5.74, 6) is -0.227. The van der Waals surface area contributed by atoms with Crippen molar-refractivity contribution in [2.75, 3.05) is 25.0 Å². The third-order valence-electron chi connectivity index (χ3n) is 2.74. The number of amides is 1. The second kappa shape index (κ2) is 7.19. The van der Waals surface area contributed by atoms with E-state index in [-0.39, 0.29) is 23.0 Å². The van der Waals surface area contributed by atoms with Gasteiger partial charge < -0.3 is 16.0 Å². The zero-order chi connectivity index (χ0) is 15.3. The first kappa shape index (κ1) is 16.4. The zero-order valence-corrected chi connectivity index (χ0v) is 12.8. The van der Waals surface area contributed by atoms with Crippen LogP contribution < -0.4 is 16.0 Å². The highest BCUT2D eigenvalue weighted by atomic mass is 32.1. The van der Waals surface area contributed by atoms with Gasteiger partial charge in [-0.3, -0.25) is 4.79 Å². The van der Waals surface area contributed by atoms with Gasteiger partial charge in [-0.25, -0.2) is 4.39 Å². The van der Waals surface area contributed by atoms with Crippen molar-refractivity contribution in [3.05, 3.63) is 29.6 Å². The van der Waals surface area contributed by atoms with E-state index in [1.165, 1.54) is 6.07 Å². The molecular weight excluding hydrogens is 277 g/mol. The molecule has 0 spiro atoms. The van der Waals surface area contributed by atoms with E-state index < -0.39 is 5.82 Å². The number of thiocarbonyl (C=S) groups is 1. The third kappa shape index (κ3) is 4.45. The number of halogens is 1. The lowest BCUT2D eigenvalue weighted by Gasteiger charge is -2.22. The SMILES string of the molecule is CC(C)CNC(=O)CN(C)c1cccc(F)c1C(N)=S. The number of hydrogen-bond donors (Lipinski definition) is 2. The maximum Gasteiger partial charge on any atom is 0.239 e. The Labute approximate surface area is 124 Å². The Morgan fingerprint density at radius 3 is 2.70 bits per heavy atom. The second-order valence-electron chi connectivity index (χ2n) is 5.05. The summed E-state index contributed by atoms with van der Waals surface area (Å²) < 4.78 is 13.8. The average Bonchev–Trinajstić information content (AvgIpc) is 2.35. The first-order valence-corrected chi connectivity index (χ1v) is 6.80. The van der Waals surface area contributed by atoms with Crippen LogP contribution in [-0.4, -0.2) is 31.0 Å². The number of rotatable bonds is 6. The van der Waals surface area contributed by atoms with Crippen LogP contribution in [0, 0.1) is 11.7 Å². The molecule has 0 aliphatic rings. The molecule has 0 radical (unpaired) electrons. The van der Waals surface area contributed by atoms with Crippen LogP contribution in [0.5, 0.6) is 0 Å². The summed E-state index contributed by atoms with van der Waals surface area (Å²) in [6.07, 6.45) is 0. The molecule has 0 aromatic heterocycles. The summed E-state index contributed by atoms with van der Waals surface area (Å²) >= 11 is 4.87. The number of nitrogens with one attached hydrogen (secondary N) is 1. The maximum atomic E-state index is 13.8. The van der Waals surface area contributed by atoms with Gasteiger partial charge in [0.05, 0.1) is 17.8 Å². The average molecular weight is 297 g/mol. The van der Waals surface area contributed by atoms with Crippen molar-refractivity contribution in [1.29, 1.82) is 0 Å². The molecule has 4 nitrogen and oxygen atoms in total. The first-order chi connectivity index (χ1) is 9.32. The monoisotopic (exact) mass is 297 g/mol. The number of nitrogens with two attached hydrogens (primary N) is 1. The molecule has 0 aliphatic heterocycles. The van der Waals surface area contributed by atoms with Crippen LogP contribution in [0.1, 0.15) is 19.4 Å². The fourth-order valence-corrected chi connectivity index (χ4v) is 1.95. The van der Waals surface area contributed by atoms with Gasteiger partial charge in [-0.1, -0.05) is 32.1 Å². The quantitative estimate of drug-likeness (QED) is 0.784. The highest BCUT2D eigenvalue weighted by molar-refractivity contribution is 7.80. The summed E-state index contributed by atoms with van der Waals surface area (Å²) in [5.41, 5.74) is 6.23. The summed E-state index contributed by atoms with van der Waals surface area (Å²) in [6.45, 7) is 4.76. The van der Waals surface area contributed by atoms with Crippen LogP contribution in [0.2, 0.25) is 0 Å². The maximum absolute atomic E-state index is 13.8. The summed E-state index contributed by atoms with van der Waals surface area (Å²) in [5, 5.41) is 2.81. The smallest absolute Gasteiger partial charge is 0.239 e. The topological polar surface area (TPSA) is 58.4 Å². The lowest BCUT2D eigenvalue weighted by atomic mass is 10.1. The van der Waals surface area contributed by atoms with Gasteiger partial charge in [0.25, 0.3) is 0 Å². The van der Waals surface area contributed by atoms with Gasteiger partial charge in [0.2, 0.25) is 5.91 Å². The Kier molecular flexibility index (Phi) is 5.88. The molecule has 0 saturated carbocycles. The molecular formula is C14H20FN3OS. The number of likely N-dealkylation sites (N-methyl/N-ethyl adjacent to an activating group) is 1. The number of hydrogen-bond acceptors (Lipinski definition) is 3. The van der Waals surface area contributed by atoms with E-state index in [1.807, 2.05) is 13.8 Å². The number of anilines is 1.